The fourth-order valence-electron chi connectivity index (χ4n) is 4.47. The minimum absolute atomic E-state index is 0.103. The maximum Gasteiger partial charge on any atom is 0.300 e. The summed E-state index contributed by atoms with van der Waals surface area (Å²) >= 11 is 12.6. The molecular formula is C28H25Cl2NO6. The highest BCUT2D eigenvalue weighted by atomic mass is 35.5. The van der Waals surface area contributed by atoms with E-state index in [0.29, 0.717) is 27.4 Å². The lowest BCUT2D eigenvalue weighted by Gasteiger charge is -2.27. The van der Waals surface area contributed by atoms with Crippen molar-refractivity contribution in [2.45, 2.75) is 26.8 Å². The van der Waals surface area contributed by atoms with E-state index in [2.05, 4.69) is 0 Å². The number of aliphatic hydroxyl groups excluding tert-OH is 1. The number of phenols is 1. The fourth-order valence-corrected chi connectivity index (χ4v) is 4.99. The van der Waals surface area contributed by atoms with E-state index >= 15 is 0 Å². The lowest BCUT2D eigenvalue weighted by molar-refractivity contribution is -0.132. The SMILES string of the molecule is CCOc1cc(C2/C(=C(\O)c3cc(C)cc(Cl)c3OC)C(=O)C(=O)N2c2cc(Cl)ccc2C)ccc1O. The Labute approximate surface area is 224 Å². The lowest BCUT2D eigenvalue weighted by atomic mass is 9.94. The van der Waals surface area contributed by atoms with Gasteiger partial charge in [0.25, 0.3) is 11.7 Å². The quantitative estimate of drug-likeness (QED) is 0.214. The Morgan fingerprint density at radius 2 is 1.78 bits per heavy atom. The van der Waals surface area contributed by atoms with E-state index in [9.17, 15) is 19.8 Å². The average molecular weight is 542 g/mol. The fraction of sp³-hybridized carbons (Fsp3) is 0.214. The highest BCUT2D eigenvalue weighted by Crippen LogP contribution is 2.46. The maximum atomic E-state index is 13.5. The van der Waals surface area contributed by atoms with Crippen LogP contribution in [0, 0.1) is 13.8 Å². The largest absolute Gasteiger partial charge is 0.507 e. The van der Waals surface area contributed by atoms with Crippen molar-refractivity contribution in [3.8, 4) is 17.2 Å². The van der Waals surface area contributed by atoms with Crippen LogP contribution in [0.3, 0.4) is 0 Å². The summed E-state index contributed by atoms with van der Waals surface area (Å²) in [7, 11) is 1.40. The molecule has 1 heterocycles. The number of hydrogen-bond acceptors (Lipinski definition) is 6. The van der Waals surface area contributed by atoms with Crippen molar-refractivity contribution in [3.63, 3.8) is 0 Å². The van der Waals surface area contributed by atoms with Gasteiger partial charge in [-0.15, -0.1) is 0 Å². The summed E-state index contributed by atoms with van der Waals surface area (Å²) < 4.78 is 11.0. The smallest absolute Gasteiger partial charge is 0.300 e. The monoisotopic (exact) mass is 541 g/mol. The first-order chi connectivity index (χ1) is 17.6. The topological polar surface area (TPSA) is 96.3 Å². The molecule has 0 saturated carbocycles. The van der Waals surface area contributed by atoms with Gasteiger partial charge in [0, 0.05) is 10.7 Å². The zero-order chi connectivity index (χ0) is 27.0. The van der Waals surface area contributed by atoms with Gasteiger partial charge in [0.1, 0.15) is 11.5 Å². The number of phenolic OH excluding ortho intramolecular Hbond substituents is 1. The number of carbonyl (C=O) groups is 2. The lowest BCUT2D eigenvalue weighted by Crippen LogP contribution is -2.30. The molecule has 2 N–H and O–H groups in total. The number of nitrogens with zero attached hydrogens (tertiary/aromatic N) is 1. The Kier molecular flexibility index (Phi) is 7.39. The van der Waals surface area contributed by atoms with Crippen LogP contribution >= 0.6 is 23.2 Å². The van der Waals surface area contributed by atoms with Gasteiger partial charge in [-0.2, -0.15) is 0 Å². The molecule has 192 valence electrons. The summed E-state index contributed by atoms with van der Waals surface area (Å²) in [5.74, 6) is -1.96. The number of aliphatic hydroxyl groups is 1. The number of aromatic hydroxyl groups is 1. The third kappa shape index (κ3) is 4.72. The zero-order valence-electron chi connectivity index (χ0n) is 20.6. The first-order valence-electron chi connectivity index (χ1n) is 11.5. The molecule has 1 saturated heterocycles. The van der Waals surface area contributed by atoms with E-state index in [1.807, 2.05) is 0 Å². The Morgan fingerprint density at radius 3 is 2.46 bits per heavy atom. The van der Waals surface area contributed by atoms with E-state index in [0.717, 1.165) is 0 Å². The molecule has 1 fully saturated rings. The molecule has 7 nitrogen and oxygen atoms in total. The van der Waals surface area contributed by atoms with Crippen LogP contribution in [0.15, 0.2) is 54.1 Å². The first-order valence-corrected chi connectivity index (χ1v) is 12.2. The number of hydrogen-bond donors (Lipinski definition) is 2. The van der Waals surface area contributed by atoms with Gasteiger partial charge >= 0.3 is 0 Å². The number of amides is 1. The van der Waals surface area contributed by atoms with Crippen LogP contribution in [0.25, 0.3) is 5.76 Å². The molecule has 4 rings (SSSR count). The van der Waals surface area contributed by atoms with Gasteiger partial charge in [-0.05, 0) is 73.9 Å². The summed E-state index contributed by atoms with van der Waals surface area (Å²) in [6, 6.07) is 11.7. The van der Waals surface area contributed by atoms with Gasteiger partial charge in [0.15, 0.2) is 11.5 Å². The third-order valence-corrected chi connectivity index (χ3v) is 6.64. The Bertz CT molecular complexity index is 1450. The number of benzene rings is 3. The normalized spacial score (nSPS) is 16.8. The molecule has 0 spiro atoms. The number of aryl methyl sites for hydroxylation is 2. The van der Waals surface area contributed by atoms with Gasteiger partial charge in [0.2, 0.25) is 0 Å². The number of ketones is 1. The number of carbonyl (C=O) groups excluding carboxylic acids is 2. The second kappa shape index (κ2) is 10.4. The molecule has 1 aliphatic heterocycles. The van der Waals surface area contributed by atoms with E-state index in [1.54, 1.807) is 57.2 Å². The Balaban J connectivity index is 2.06. The summed E-state index contributed by atoms with van der Waals surface area (Å²) in [6.45, 7) is 5.61. The second-order valence-electron chi connectivity index (χ2n) is 8.59. The van der Waals surface area contributed by atoms with Gasteiger partial charge in [-0.3, -0.25) is 14.5 Å². The standard InChI is InChI=1S/C28H25Cl2NO6/c1-5-37-22-12-16(7-9-21(22)32)24-23(25(33)18-10-14(2)11-19(30)27(18)36-4)26(34)28(35)31(24)20-13-17(29)8-6-15(20)3/h6-13,24,32-33H,5H2,1-4H3/b25-23+. The molecule has 1 amide bonds. The highest BCUT2D eigenvalue weighted by molar-refractivity contribution is 6.52. The van der Waals surface area contributed by atoms with Crippen LogP contribution in [0.2, 0.25) is 10.0 Å². The molecule has 0 aliphatic carbocycles. The molecule has 3 aromatic carbocycles. The molecule has 1 atom stereocenters. The van der Waals surface area contributed by atoms with Crippen LogP contribution in [0.1, 0.15) is 35.2 Å². The van der Waals surface area contributed by atoms with Crippen molar-refractivity contribution in [3.05, 3.63) is 86.4 Å². The van der Waals surface area contributed by atoms with Crippen molar-refractivity contribution in [1.82, 2.24) is 0 Å². The number of ether oxygens (including phenoxy) is 2. The van der Waals surface area contributed by atoms with Crippen LogP contribution < -0.4 is 14.4 Å². The molecule has 37 heavy (non-hydrogen) atoms. The molecular weight excluding hydrogens is 517 g/mol. The van der Waals surface area contributed by atoms with Gasteiger partial charge < -0.3 is 19.7 Å². The van der Waals surface area contributed by atoms with Crippen LogP contribution in [-0.4, -0.2) is 35.6 Å². The number of anilines is 1. The predicted octanol–water partition coefficient (Wildman–Crippen LogP) is 6.35. The van der Waals surface area contributed by atoms with E-state index < -0.39 is 23.5 Å². The number of rotatable bonds is 6. The molecule has 0 bridgehead atoms. The third-order valence-electron chi connectivity index (χ3n) is 6.12. The van der Waals surface area contributed by atoms with Crippen molar-refractivity contribution in [2.24, 2.45) is 0 Å². The molecule has 1 unspecified atom stereocenters. The molecule has 0 aromatic heterocycles. The zero-order valence-corrected chi connectivity index (χ0v) is 22.1. The molecule has 1 aliphatic rings. The van der Waals surface area contributed by atoms with E-state index in [-0.39, 0.29) is 40.0 Å². The van der Waals surface area contributed by atoms with Crippen LogP contribution in [0.5, 0.6) is 17.2 Å². The van der Waals surface area contributed by atoms with Gasteiger partial charge in [-0.1, -0.05) is 35.3 Å². The van der Waals surface area contributed by atoms with Crippen molar-refractivity contribution in [2.75, 3.05) is 18.6 Å². The van der Waals surface area contributed by atoms with Crippen molar-refractivity contribution < 1.29 is 29.3 Å². The minimum Gasteiger partial charge on any atom is -0.507 e. The average Bonchev–Trinajstić information content (AvgIpc) is 3.11. The Morgan fingerprint density at radius 1 is 1.05 bits per heavy atom. The summed E-state index contributed by atoms with van der Waals surface area (Å²) in [6.07, 6.45) is 0. The first kappa shape index (κ1) is 26.4. The molecule has 3 aromatic rings. The number of methoxy groups -OCH3 is 1. The van der Waals surface area contributed by atoms with E-state index in [4.69, 9.17) is 32.7 Å². The summed E-state index contributed by atoms with van der Waals surface area (Å²) in [4.78, 5) is 28.3. The van der Waals surface area contributed by atoms with Crippen LogP contribution in [0.4, 0.5) is 5.69 Å². The van der Waals surface area contributed by atoms with Crippen LogP contribution in [-0.2, 0) is 9.59 Å². The summed E-state index contributed by atoms with van der Waals surface area (Å²) in [5, 5.41) is 22.4. The van der Waals surface area contributed by atoms with Gasteiger partial charge in [0.05, 0.1) is 35.9 Å². The maximum absolute atomic E-state index is 13.5. The molecule has 0 radical (unpaired) electrons. The number of Topliss-reactive ketones (excluding diaryl/α,β-unsaturated/α-hetero) is 1. The minimum atomic E-state index is -1.07. The van der Waals surface area contributed by atoms with Crippen molar-refractivity contribution >= 4 is 46.3 Å². The second-order valence-corrected chi connectivity index (χ2v) is 9.43. The van der Waals surface area contributed by atoms with Gasteiger partial charge in [-0.25, -0.2) is 0 Å². The highest BCUT2D eigenvalue weighted by Gasteiger charge is 2.48. The number of halogens is 2. The van der Waals surface area contributed by atoms with Crippen molar-refractivity contribution in [1.29, 1.82) is 0 Å². The Hall–Kier alpha value is -3.68. The van der Waals surface area contributed by atoms with E-state index in [1.165, 1.54) is 24.1 Å². The predicted molar refractivity (Wildman–Crippen MR) is 143 cm³/mol. The molecule has 9 heteroatoms. The summed E-state index contributed by atoms with van der Waals surface area (Å²) in [5.41, 5.74) is 2.24.